The molecule has 7 heteroatoms. The van der Waals surface area contributed by atoms with E-state index in [2.05, 4.69) is 10.0 Å². The Hall–Kier alpha value is -2.51. The molecule has 1 amide bonds. The first kappa shape index (κ1) is 17.8. The summed E-state index contributed by atoms with van der Waals surface area (Å²) in [7, 11) is -3.78. The van der Waals surface area contributed by atoms with Crippen molar-refractivity contribution in [3.05, 3.63) is 60.2 Å². The molecule has 0 heterocycles. The molecule has 2 aromatic rings. The van der Waals surface area contributed by atoms with Crippen LogP contribution in [0.4, 0.5) is 5.69 Å². The molecule has 126 valence electrons. The number of nitrogens with one attached hydrogen (secondary N) is 2. The number of amides is 1. The lowest BCUT2D eigenvalue weighted by Gasteiger charge is -2.14. The second-order valence-corrected chi connectivity index (χ2v) is 7.00. The summed E-state index contributed by atoms with van der Waals surface area (Å²) in [5, 5.41) is 2.59. The minimum atomic E-state index is -3.78. The predicted molar refractivity (Wildman–Crippen MR) is 91.3 cm³/mol. The Morgan fingerprint density at radius 2 is 1.67 bits per heavy atom. The number of Topliss-reactive ketones (excluding diaryl/α,β-unsaturated/α-hetero) is 1. The topological polar surface area (TPSA) is 92.3 Å². The van der Waals surface area contributed by atoms with Crippen molar-refractivity contribution in [2.45, 2.75) is 24.8 Å². The smallest absolute Gasteiger partial charge is 0.242 e. The molecule has 0 spiro atoms. The van der Waals surface area contributed by atoms with Crippen molar-refractivity contribution in [2.75, 3.05) is 5.32 Å². The molecular formula is C17H18N2O4S. The van der Waals surface area contributed by atoms with Crippen LogP contribution in [-0.4, -0.2) is 26.2 Å². The van der Waals surface area contributed by atoms with Gasteiger partial charge in [-0.15, -0.1) is 0 Å². The second-order valence-electron chi connectivity index (χ2n) is 5.28. The number of rotatable bonds is 6. The predicted octanol–water partition coefficient (Wildman–Crippen LogP) is 2.19. The molecule has 6 nitrogen and oxygen atoms in total. The number of benzene rings is 2. The molecule has 0 fully saturated rings. The number of ketones is 1. The number of anilines is 1. The van der Waals surface area contributed by atoms with Crippen molar-refractivity contribution >= 4 is 27.4 Å². The van der Waals surface area contributed by atoms with Gasteiger partial charge in [-0.1, -0.05) is 30.3 Å². The first-order chi connectivity index (χ1) is 11.3. The summed E-state index contributed by atoms with van der Waals surface area (Å²) in [4.78, 5) is 23.6. The zero-order valence-corrected chi connectivity index (χ0v) is 14.1. The van der Waals surface area contributed by atoms with E-state index in [9.17, 15) is 18.0 Å². The maximum absolute atomic E-state index is 12.2. The standard InChI is InChI=1S/C17H18N2O4S/c1-12(19-24(22,23)16-9-4-3-5-10-16)17(21)18-15-8-6-7-14(11-15)13(2)20/h3-12,19H,1-2H3,(H,18,21)/t12-/m0/s1. The van der Waals surface area contributed by atoms with Crippen LogP contribution >= 0.6 is 0 Å². The molecule has 0 aromatic heterocycles. The van der Waals surface area contributed by atoms with Crippen LogP contribution in [-0.2, 0) is 14.8 Å². The van der Waals surface area contributed by atoms with Gasteiger partial charge in [-0.3, -0.25) is 9.59 Å². The van der Waals surface area contributed by atoms with E-state index in [0.717, 1.165) is 0 Å². The van der Waals surface area contributed by atoms with Crippen molar-refractivity contribution in [3.8, 4) is 0 Å². The van der Waals surface area contributed by atoms with Gasteiger partial charge in [0, 0.05) is 11.3 Å². The van der Waals surface area contributed by atoms with Gasteiger partial charge in [0.05, 0.1) is 10.9 Å². The normalized spacial score (nSPS) is 12.4. The van der Waals surface area contributed by atoms with Crippen LogP contribution in [0, 0.1) is 0 Å². The molecule has 0 radical (unpaired) electrons. The van der Waals surface area contributed by atoms with Crippen LogP contribution in [0.1, 0.15) is 24.2 Å². The molecular weight excluding hydrogens is 328 g/mol. The minimum Gasteiger partial charge on any atom is -0.325 e. The van der Waals surface area contributed by atoms with E-state index >= 15 is 0 Å². The molecule has 0 saturated heterocycles. The first-order valence-corrected chi connectivity index (χ1v) is 8.77. The van der Waals surface area contributed by atoms with Crippen molar-refractivity contribution in [1.29, 1.82) is 0 Å². The zero-order chi connectivity index (χ0) is 17.7. The lowest BCUT2D eigenvalue weighted by atomic mass is 10.1. The fraction of sp³-hybridized carbons (Fsp3) is 0.176. The Morgan fingerprint density at radius 3 is 2.29 bits per heavy atom. The van der Waals surface area contributed by atoms with Crippen molar-refractivity contribution in [1.82, 2.24) is 4.72 Å². The highest BCUT2D eigenvalue weighted by molar-refractivity contribution is 7.89. The van der Waals surface area contributed by atoms with E-state index in [1.165, 1.54) is 26.0 Å². The molecule has 0 aliphatic rings. The largest absolute Gasteiger partial charge is 0.325 e. The molecule has 1 atom stereocenters. The third-order valence-corrected chi connectivity index (χ3v) is 4.87. The number of carbonyl (C=O) groups excluding carboxylic acids is 2. The van der Waals surface area contributed by atoms with Crippen LogP contribution in [0.2, 0.25) is 0 Å². The summed E-state index contributed by atoms with van der Waals surface area (Å²) in [6, 6.07) is 13.3. The van der Waals surface area contributed by atoms with Gasteiger partial charge < -0.3 is 5.32 Å². The van der Waals surface area contributed by atoms with Gasteiger partial charge in [0.15, 0.2) is 5.78 Å². The summed E-state index contributed by atoms with van der Waals surface area (Å²) in [5.74, 6) is -0.640. The van der Waals surface area contributed by atoms with Crippen LogP contribution in [0.15, 0.2) is 59.5 Å². The van der Waals surface area contributed by atoms with Crippen LogP contribution in [0.3, 0.4) is 0 Å². The molecule has 0 unspecified atom stereocenters. The average Bonchev–Trinajstić information content (AvgIpc) is 2.55. The van der Waals surface area contributed by atoms with Gasteiger partial charge in [0.1, 0.15) is 0 Å². The lowest BCUT2D eigenvalue weighted by molar-refractivity contribution is -0.117. The molecule has 2 N–H and O–H groups in total. The van der Waals surface area contributed by atoms with Gasteiger partial charge in [0.2, 0.25) is 15.9 Å². The molecule has 24 heavy (non-hydrogen) atoms. The number of carbonyl (C=O) groups is 2. The summed E-state index contributed by atoms with van der Waals surface area (Å²) >= 11 is 0. The third kappa shape index (κ3) is 4.50. The Kier molecular flexibility index (Phi) is 5.48. The van der Waals surface area contributed by atoms with E-state index in [4.69, 9.17) is 0 Å². The number of hydrogen-bond acceptors (Lipinski definition) is 4. The third-order valence-electron chi connectivity index (χ3n) is 3.32. The second kappa shape index (κ2) is 7.37. The molecule has 2 aromatic carbocycles. The molecule has 0 aliphatic carbocycles. The molecule has 2 rings (SSSR count). The molecule has 0 bridgehead atoms. The summed E-state index contributed by atoms with van der Waals surface area (Å²) in [5.41, 5.74) is 0.892. The van der Waals surface area contributed by atoms with Gasteiger partial charge in [0.25, 0.3) is 0 Å². The van der Waals surface area contributed by atoms with Crippen molar-refractivity contribution in [3.63, 3.8) is 0 Å². The lowest BCUT2D eigenvalue weighted by Crippen LogP contribution is -2.41. The Labute approximate surface area is 140 Å². The van der Waals surface area contributed by atoms with E-state index in [1.807, 2.05) is 0 Å². The highest BCUT2D eigenvalue weighted by Crippen LogP contribution is 2.12. The Morgan fingerprint density at radius 1 is 1.00 bits per heavy atom. The van der Waals surface area contributed by atoms with E-state index in [1.54, 1.807) is 42.5 Å². The maximum Gasteiger partial charge on any atom is 0.242 e. The Balaban J connectivity index is 2.07. The quantitative estimate of drug-likeness (QED) is 0.784. The maximum atomic E-state index is 12.2. The van der Waals surface area contributed by atoms with Gasteiger partial charge in [-0.2, -0.15) is 4.72 Å². The summed E-state index contributed by atoms with van der Waals surface area (Å²) in [6.07, 6.45) is 0. The SMILES string of the molecule is CC(=O)c1cccc(NC(=O)[C@H](C)NS(=O)(=O)c2ccccc2)c1. The van der Waals surface area contributed by atoms with Gasteiger partial charge >= 0.3 is 0 Å². The highest BCUT2D eigenvalue weighted by atomic mass is 32.2. The fourth-order valence-electron chi connectivity index (χ4n) is 2.02. The number of hydrogen-bond donors (Lipinski definition) is 2. The average molecular weight is 346 g/mol. The zero-order valence-electron chi connectivity index (χ0n) is 13.3. The van der Waals surface area contributed by atoms with Crippen molar-refractivity contribution in [2.24, 2.45) is 0 Å². The summed E-state index contributed by atoms with van der Waals surface area (Å²) < 4.78 is 26.7. The fourth-order valence-corrected chi connectivity index (χ4v) is 3.24. The van der Waals surface area contributed by atoms with Crippen LogP contribution in [0.5, 0.6) is 0 Å². The van der Waals surface area contributed by atoms with Gasteiger partial charge in [-0.05, 0) is 38.1 Å². The number of sulfonamides is 1. The molecule has 0 saturated carbocycles. The summed E-state index contributed by atoms with van der Waals surface area (Å²) in [6.45, 7) is 2.88. The molecule has 0 aliphatic heterocycles. The van der Waals surface area contributed by atoms with E-state index in [0.29, 0.717) is 11.3 Å². The van der Waals surface area contributed by atoms with E-state index < -0.39 is 22.0 Å². The van der Waals surface area contributed by atoms with Crippen molar-refractivity contribution < 1.29 is 18.0 Å². The monoisotopic (exact) mass is 346 g/mol. The van der Waals surface area contributed by atoms with Gasteiger partial charge in [-0.25, -0.2) is 8.42 Å². The highest BCUT2D eigenvalue weighted by Gasteiger charge is 2.22. The Bertz CT molecular complexity index is 848. The van der Waals surface area contributed by atoms with Crippen LogP contribution in [0.25, 0.3) is 0 Å². The van der Waals surface area contributed by atoms with E-state index in [-0.39, 0.29) is 10.7 Å². The van der Waals surface area contributed by atoms with Crippen LogP contribution < -0.4 is 10.0 Å². The first-order valence-electron chi connectivity index (χ1n) is 7.29. The minimum absolute atomic E-state index is 0.0863.